The highest BCUT2D eigenvalue weighted by atomic mass is 32.2. The Morgan fingerprint density at radius 3 is 2.44 bits per heavy atom. The van der Waals surface area contributed by atoms with Crippen LogP contribution in [0.1, 0.15) is 36.9 Å². The van der Waals surface area contributed by atoms with E-state index >= 15 is 0 Å². The highest BCUT2D eigenvalue weighted by molar-refractivity contribution is 8.14. The molecule has 1 saturated heterocycles. The summed E-state index contributed by atoms with van der Waals surface area (Å²) in [5, 5.41) is 17.4. The van der Waals surface area contributed by atoms with Crippen LogP contribution in [0.2, 0.25) is 0 Å². The number of hydrogen-bond donors (Lipinski definition) is 1. The van der Waals surface area contributed by atoms with Crippen LogP contribution >= 0.6 is 11.8 Å². The molecular formula is C31H28F3N7O3S. The third kappa shape index (κ3) is 7.55. The van der Waals surface area contributed by atoms with Gasteiger partial charge in [0.15, 0.2) is 11.0 Å². The summed E-state index contributed by atoms with van der Waals surface area (Å²) < 4.78 is 48.0. The fraction of sp³-hybridized carbons (Fsp3) is 0.258. The first-order valence-electron chi connectivity index (χ1n) is 13.8. The van der Waals surface area contributed by atoms with E-state index in [4.69, 9.17) is 4.74 Å². The van der Waals surface area contributed by atoms with E-state index in [1.807, 2.05) is 23.1 Å². The summed E-state index contributed by atoms with van der Waals surface area (Å²) in [5.74, 6) is 1.76. The maximum Gasteiger partial charge on any atom is 0.573 e. The number of thioether (sulfide) groups is 1. The van der Waals surface area contributed by atoms with Crippen LogP contribution in [0.5, 0.6) is 11.5 Å². The lowest BCUT2D eigenvalue weighted by molar-refractivity contribution is -0.274. The molecule has 0 bridgehead atoms. The molecule has 232 valence electrons. The van der Waals surface area contributed by atoms with Gasteiger partial charge in [0.05, 0.1) is 18.9 Å². The van der Waals surface area contributed by atoms with Crippen molar-refractivity contribution in [3.05, 3.63) is 84.2 Å². The highest BCUT2D eigenvalue weighted by Gasteiger charge is 2.31. The standard InChI is InChI=1S/C31H28F3N7O3S/c1-19(2)25-16-24(43-3)12-13-27(25)40-14-15-45-30(40)38-29(42)37-26(17-35)20-4-6-21(7-5-20)28-36-18-41(39-28)22-8-10-23(11-9-22)44-31(32,33)34/h4-13,16,18-19,26H,14-15H2,1-3H3,(H,37,42). The molecule has 45 heavy (non-hydrogen) atoms. The number of alkyl halides is 3. The number of carbonyl (C=O) groups excluding carboxylic acids is 1. The molecule has 1 atom stereocenters. The predicted octanol–water partition coefficient (Wildman–Crippen LogP) is 6.85. The van der Waals surface area contributed by atoms with Gasteiger partial charge in [-0.3, -0.25) is 0 Å². The van der Waals surface area contributed by atoms with Gasteiger partial charge < -0.3 is 19.7 Å². The molecule has 1 fully saturated rings. The number of amidine groups is 1. The summed E-state index contributed by atoms with van der Waals surface area (Å²) in [4.78, 5) is 23.5. The van der Waals surface area contributed by atoms with Crippen molar-refractivity contribution in [2.75, 3.05) is 24.3 Å². The van der Waals surface area contributed by atoms with Crippen LogP contribution < -0.4 is 19.7 Å². The van der Waals surface area contributed by atoms with Crippen LogP contribution in [0, 0.1) is 11.3 Å². The number of nitrogens with one attached hydrogen (secondary N) is 1. The van der Waals surface area contributed by atoms with E-state index in [0.29, 0.717) is 34.4 Å². The summed E-state index contributed by atoms with van der Waals surface area (Å²) >= 11 is 1.47. The van der Waals surface area contributed by atoms with Crippen molar-refractivity contribution in [2.24, 2.45) is 4.99 Å². The summed E-state index contributed by atoms with van der Waals surface area (Å²) in [6.07, 6.45) is -3.35. The van der Waals surface area contributed by atoms with Crippen LogP contribution in [0.4, 0.5) is 23.7 Å². The van der Waals surface area contributed by atoms with Gasteiger partial charge in [-0.15, -0.1) is 18.3 Å². The van der Waals surface area contributed by atoms with Gasteiger partial charge >= 0.3 is 12.4 Å². The Labute approximate surface area is 261 Å². The van der Waals surface area contributed by atoms with E-state index in [1.165, 1.54) is 47.0 Å². The number of nitrogens with zero attached hydrogens (tertiary/aromatic N) is 6. The Kier molecular flexibility index (Phi) is 9.29. The zero-order valence-electron chi connectivity index (χ0n) is 24.4. The largest absolute Gasteiger partial charge is 0.573 e. The van der Waals surface area contributed by atoms with Gasteiger partial charge in [-0.05, 0) is 59.5 Å². The second-order valence-electron chi connectivity index (χ2n) is 10.2. The Hall–Kier alpha value is -5.03. The predicted molar refractivity (Wildman–Crippen MR) is 165 cm³/mol. The van der Waals surface area contributed by atoms with E-state index < -0.39 is 18.4 Å². The molecule has 1 aliphatic heterocycles. The number of rotatable bonds is 8. The first-order chi connectivity index (χ1) is 21.5. The molecule has 14 heteroatoms. The molecule has 4 aromatic rings. The minimum atomic E-state index is -4.78. The minimum absolute atomic E-state index is 0.221. The number of aromatic nitrogens is 3. The monoisotopic (exact) mass is 635 g/mol. The molecule has 10 nitrogen and oxygen atoms in total. The van der Waals surface area contributed by atoms with E-state index in [9.17, 15) is 23.2 Å². The molecule has 0 saturated carbocycles. The van der Waals surface area contributed by atoms with E-state index in [-0.39, 0.29) is 11.7 Å². The molecule has 0 radical (unpaired) electrons. The molecule has 1 aromatic heterocycles. The average Bonchev–Trinajstić information content (AvgIpc) is 3.69. The first-order valence-corrected chi connectivity index (χ1v) is 14.8. The Morgan fingerprint density at radius 2 is 1.80 bits per heavy atom. The quantitative estimate of drug-likeness (QED) is 0.224. The number of ether oxygens (including phenoxy) is 2. The second-order valence-corrected chi connectivity index (χ2v) is 11.2. The van der Waals surface area contributed by atoms with Crippen molar-refractivity contribution in [3.63, 3.8) is 0 Å². The molecule has 0 aliphatic carbocycles. The number of carbonyl (C=O) groups is 1. The fourth-order valence-electron chi connectivity index (χ4n) is 4.66. The molecular weight excluding hydrogens is 607 g/mol. The van der Waals surface area contributed by atoms with Crippen molar-refractivity contribution in [1.82, 2.24) is 20.1 Å². The van der Waals surface area contributed by atoms with Crippen molar-refractivity contribution >= 4 is 28.6 Å². The number of aliphatic imine (C=N–C) groups is 1. The number of benzene rings is 3. The normalized spacial score (nSPS) is 14.8. The first kappa shape index (κ1) is 31.4. The van der Waals surface area contributed by atoms with Crippen molar-refractivity contribution in [1.29, 1.82) is 5.26 Å². The SMILES string of the molecule is COc1ccc(N2CCSC2=NC(=O)NC(C#N)c2ccc(-c3ncn(-c4ccc(OC(F)(F)F)cc4)n3)cc2)c(C(C)C)c1. The number of amides is 2. The molecule has 3 aromatic carbocycles. The summed E-state index contributed by atoms with van der Waals surface area (Å²) in [7, 11) is 1.62. The maximum absolute atomic E-state index is 13.0. The highest BCUT2D eigenvalue weighted by Crippen LogP contribution is 2.35. The van der Waals surface area contributed by atoms with Gasteiger partial charge in [-0.25, -0.2) is 14.5 Å². The number of hydrogen-bond acceptors (Lipinski definition) is 7. The third-order valence-corrected chi connectivity index (χ3v) is 7.80. The molecule has 1 N–H and O–H groups in total. The summed E-state index contributed by atoms with van der Waals surface area (Å²) in [5.41, 5.74) is 3.70. The Bertz CT molecular complexity index is 1730. The second kappa shape index (κ2) is 13.3. The molecule has 1 unspecified atom stereocenters. The lowest BCUT2D eigenvalue weighted by Crippen LogP contribution is -2.30. The molecule has 5 rings (SSSR count). The van der Waals surface area contributed by atoms with Crippen LogP contribution in [0.25, 0.3) is 17.1 Å². The van der Waals surface area contributed by atoms with Gasteiger partial charge in [0, 0.05) is 23.5 Å². The van der Waals surface area contributed by atoms with Gasteiger partial charge in [-0.1, -0.05) is 49.9 Å². The minimum Gasteiger partial charge on any atom is -0.497 e. The lowest BCUT2D eigenvalue weighted by Gasteiger charge is -2.23. The Morgan fingerprint density at radius 1 is 1.09 bits per heavy atom. The van der Waals surface area contributed by atoms with E-state index in [2.05, 4.69) is 45.0 Å². The zero-order chi connectivity index (χ0) is 32.1. The van der Waals surface area contributed by atoms with Crippen molar-refractivity contribution in [2.45, 2.75) is 32.2 Å². The fourth-order valence-corrected chi connectivity index (χ4v) is 5.61. The number of anilines is 1. The molecule has 2 amide bonds. The average molecular weight is 636 g/mol. The van der Waals surface area contributed by atoms with Crippen LogP contribution in [0.3, 0.4) is 0 Å². The molecule has 0 spiro atoms. The van der Waals surface area contributed by atoms with Crippen LogP contribution in [-0.2, 0) is 0 Å². The summed E-state index contributed by atoms with van der Waals surface area (Å²) in [6, 6.07) is 18.4. The number of nitriles is 1. The van der Waals surface area contributed by atoms with Gasteiger partial charge in [0.2, 0.25) is 0 Å². The number of urea groups is 1. The summed E-state index contributed by atoms with van der Waals surface area (Å²) in [6.45, 7) is 4.87. The van der Waals surface area contributed by atoms with Gasteiger partial charge in [0.1, 0.15) is 23.9 Å². The van der Waals surface area contributed by atoms with E-state index in [0.717, 1.165) is 22.8 Å². The molecule has 1 aliphatic rings. The van der Waals surface area contributed by atoms with Gasteiger partial charge in [-0.2, -0.15) is 10.3 Å². The van der Waals surface area contributed by atoms with Crippen LogP contribution in [0.15, 0.2) is 78.0 Å². The topological polar surface area (TPSA) is 118 Å². The van der Waals surface area contributed by atoms with Crippen molar-refractivity contribution in [3.8, 4) is 34.6 Å². The number of halogens is 3. The molecule has 2 heterocycles. The van der Waals surface area contributed by atoms with Gasteiger partial charge in [0.25, 0.3) is 0 Å². The maximum atomic E-state index is 13.0. The Balaban J connectivity index is 1.26. The smallest absolute Gasteiger partial charge is 0.497 e. The van der Waals surface area contributed by atoms with Crippen LogP contribution in [-0.4, -0.2) is 51.7 Å². The number of methoxy groups -OCH3 is 1. The lowest BCUT2D eigenvalue weighted by atomic mass is 10.00. The third-order valence-electron chi connectivity index (χ3n) is 6.85. The van der Waals surface area contributed by atoms with E-state index in [1.54, 1.807) is 31.4 Å². The zero-order valence-corrected chi connectivity index (χ0v) is 25.3. The van der Waals surface area contributed by atoms with Crippen molar-refractivity contribution < 1.29 is 27.4 Å².